The van der Waals surface area contributed by atoms with E-state index >= 15 is 0 Å². The number of likely N-dealkylation sites (tertiary alicyclic amines) is 1. The van der Waals surface area contributed by atoms with E-state index in [2.05, 4.69) is 21.3 Å². The van der Waals surface area contributed by atoms with Crippen molar-refractivity contribution in [2.24, 2.45) is 5.92 Å². The average Bonchev–Trinajstić information content (AvgIpc) is 2.48. The predicted molar refractivity (Wildman–Crippen MR) is 73.8 cm³/mol. The van der Waals surface area contributed by atoms with E-state index in [1.54, 1.807) is 0 Å². The van der Waals surface area contributed by atoms with Gasteiger partial charge in [0.25, 0.3) is 0 Å². The molecule has 0 radical (unpaired) electrons. The lowest BCUT2D eigenvalue weighted by atomic mass is 9.97. The molecule has 19 heavy (non-hydrogen) atoms. The molecule has 0 atom stereocenters. The monoisotopic (exact) mass is 263 g/mol. The van der Waals surface area contributed by atoms with Crippen molar-refractivity contribution in [2.45, 2.75) is 19.4 Å². The van der Waals surface area contributed by atoms with Crippen molar-refractivity contribution >= 4 is 11.8 Å². The van der Waals surface area contributed by atoms with Crippen LogP contribution in [-0.4, -0.2) is 43.1 Å². The molecule has 1 fully saturated rings. The summed E-state index contributed by atoms with van der Waals surface area (Å²) >= 11 is 0. The normalized spacial score (nSPS) is 17.2. The molecule has 0 aromatic carbocycles. The molecular weight excluding hydrogens is 242 g/mol. The number of hydrogen-bond donors (Lipinski definition) is 1. The van der Waals surface area contributed by atoms with Crippen LogP contribution in [0.1, 0.15) is 18.4 Å². The number of nitrogens with zero attached hydrogens (tertiary/aromatic N) is 2. The molecule has 1 saturated heterocycles. The third-order valence-corrected chi connectivity index (χ3v) is 3.61. The van der Waals surface area contributed by atoms with Crippen LogP contribution in [0.4, 0.5) is 5.82 Å². The number of pyridine rings is 1. The van der Waals surface area contributed by atoms with Gasteiger partial charge in [0.05, 0.1) is 13.0 Å². The Labute approximate surface area is 114 Å². The first-order valence-corrected chi connectivity index (χ1v) is 6.66. The molecular formula is C14H21N3O2. The topological polar surface area (TPSA) is 54.5 Å². The van der Waals surface area contributed by atoms with Crippen LogP contribution in [0.15, 0.2) is 18.3 Å². The van der Waals surface area contributed by atoms with Crippen molar-refractivity contribution in [3.63, 3.8) is 0 Å². The van der Waals surface area contributed by atoms with Crippen LogP contribution in [0.25, 0.3) is 0 Å². The maximum atomic E-state index is 11.4. The SMILES string of the molecule is CNc1ccc(CN2CCC(C(=O)OC)CC2)cn1. The first kappa shape index (κ1) is 13.8. The first-order valence-electron chi connectivity index (χ1n) is 6.66. The third kappa shape index (κ3) is 3.67. The van der Waals surface area contributed by atoms with Gasteiger partial charge in [-0.15, -0.1) is 0 Å². The van der Waals surface area contributed by atoms with Gasteiger partial charge >= 0.3 is 5.97 Å². The van der Waals surface area contributed by atoms with Crippen LogP contribution in [0, 0.1) is 5.92 Å². The van der Waals surface area contributed by atoms with Crippen LogP contribution < -0.4 is 5.32 Å². The van der Waals surface area contributed by atoms with Gasteiger partial charge in [-0.3, -0.25) is 9.69 Å². The second kappa shape index (κ2) is 6.52. The molecule has 104 valence electrons. The number of methoxy groups -OCH3 is 1. The van der Waals surface area contributed by atoms with E-state index in [1.807, 2.05) is 19.3 Å². The van der Waals surface area contributed by atoms with Crippen molar-refractivity contribution in [3.05, 3.63) is 23.9 Å². The summed E-state index contributed by atoms with van der Waals surface area (Å²) in [5.74, 6) is 0.888. The van der Waals surface area contributed by atoms with Gasteiger partial charge in [-0.1, -0.05) is 6.07 Å². The van der Waals surface area contributed by atoms with Crippen molar-refractivity contribution < 1.29 is 9.53 Å². The van der Waals surface area contributed by atoms with Crippen LogP contribution in [0.3, 0.4) is 0 Å². The second-order valence-electron chi connectivity index (χ2n) is 4.88. The Morgan fingerprint density at radius 2 is 2.21 bits per heavy atom. The molecule has 0 bridgehead atoms. The summed E-state index contributed by atoms with van der Waals surface area (Å²) in [5.41, 5.74) is 1.20. The molecule has 2 heterocycles. The van der Waals surface area contributed by atoms with Gasteiger partial charge in [0.2, 0.25) is 0 Å². The summed E-state index contributed by atoms with van der Waals surface area (Å²) in [6.07, 6.45) is 3.67. The van der Waals surface area contributed by atoms with E-state index < -0.39 is 0 Å². The number of carbonyl (C=O) groups excluding carboxylic acids is 1. The highest BCUT2D eigenvalue weighted by atomic mass is 16.5. The van der Waals surface area contributed by atoms with Gasteiger partial charge in [-0.25, -0.2) is 4.98 Å². The number of piperidine rings is 1. The summed E-state index contributed by atoms with van der Waals surface area (Å²) in [5, 5.41) is 3.01. The van der Waals surface area contributed by atoms with E-state index in [1.165, 1.54) is 12.7 Å². The number of anilines is 1. The Kier molecular flexibility index (Phi) is 4.74. The Hall–Kier alpha value is -1.62. The number of aromatic nitrogens is 1. The highest BCUT2D eigenvalue weighted by Crippen LogP contribution is 2.20. The molecule has 1 aliphatic rings. The van der Waals surface area contributed by atoms with Crippen molar-refractivity contribution in [2.75, 3.05) is 32.6 Å². The van der Waals surface area contributed by atoms with Crippen LogP contribution in [-0.2, 0) is 16.1 Å². The second-order valence-corrected chi connectivity index (χ2v) is 4.88. The summed E-state index contributed by atoms with van der Waals surface area (Å²) in [6, 6.07) is 4.07. The molecule has 5 heteroatoms. The number of rotatable bonds is 4. The molecule has 0 aliphatic carbocycles. The van der Waals surface area contributed by atoms with Gasteiger partial charge in [0.15, 0.2) is 0 Å². The van der Waals surface area contributed by atoms with Crippen LogP contribution >= 0.6 is 0 Å². The molecule has 1 aromatic rings. The molecule has 2 rings (SSSR count). The minimum atomic E-state index is -0.0697. The Balaban J connectivity index is 1.83. The minimum absolute atomic E-state index is 0.0697. The molecule has 0 amide bonds. The largest absolute Gasteiger partial charge is 0.469 e. The van der Waals surface area contributed by atoms with E-state index in [0.717, 1.165) is 38.3 Å². The van der Waals surface area contributed by atoms with Crippen molar-refractivity contribution in [1.82, 2.24) is 9.88 Å². The summed E-state index contributed by atoms with van der Waals surface area (Å²) in [6.45, 7) is 2.77. The Bertz CT molecular complexity index is 411. The Morgan fingerprint density at radius 1 is 1.47 bits per heavy atom. The highest BCUT2D eigenvalue weighted by Gasteiger charge is 2.25. The zero-order chi connectivity index (χ0) is 13.7. The van der Waals surface area contributed by atoms with Crippen molar-refractivity contribution in [3.8, 4) is 0 Å². The number of hydrogen-bond acceptors (Lipinski definition) is 5. The number of esters is 1. The summed E-state index contributed by atoms with van der Waals surface area (Å²) in [4.78, 5) is 18.1. The van der Waals surface area contributed by atoms with Crippen molar-refractivity contribution in [1.29, 1.82) is 0 Å². The molecule has 1 N–H and O–H groups in total. The van der Waals surface area contributed by atoms with E-state index in [4.69, 9.17) is 4.74 Å². The molecule has 1 aliphatic heterocycles. The van der Waals surface area contributed by atoms with E-state index in [-0.39, 0.29) is 11.9 Å². The van der Waals surface area contributed by atoms with Gasteiger partial charge < -0.3 is 10.1 Å². The standard InChI is InChI=1S/C14H21N3O2/c1-15-13-4-3-11(9-16-13)10-17-7-5-12(6-8-17)14(18)19-2/h3-4,9,12H,5-8,10H2,1-2H3,(H,15,16). The lowest BCUT2D eigenvalue weighted by Crippen LogP contribution is -2.36. The zero-order valence-corrected chi connectivity index (χ0v) is 11.6. The first-order chi connectivity index (χ1) is 9.22. The van der Waals surface area contributed by atoms with Gasteiger partial charge in [-0.05, 0) is 37.6 Å². The lowest BCUT2D eigenvalue weighted by Gasteiger charge is -2.30. The fourth-order valence-electron chi connectivity index (χ4n) is 2.42. The summed E-state index contributed by atoms with van der Waals surface area (Å²) < 4.78 is 4.79. The number of carbonyl (C=O) groups is 1. The smallest absolute Gasteiger partial charge is 0.308 e. The number of ether oxygens (including phenoxy) is 1. The maximum absolute atomic E-state index is 11.4. The highest BCUT2D eigenvalue weighted by molar-refractivity contribution is 5.72. The predicted octanol–water partition coefficient (Wildman–Crippen LogP) is 1.51. The van der Waals surface area contributed by atoms with Gasteiger partial charge in [0.1, 0.15) is 5.82 Å². The van der Waals surface area contributed by atoms with E-state index in [9.17, 15) is 4.79 Å². The van der Waals surface area contributed by atoms with E-state index in [0.29, 0.717) is 0 Å². The zero-order valence-electron chi connectivity index (χ0n) is 11.6. The molecule has 5 nitrogen and oxygen atoms in total. The third-order valence-electron chi connectivity index (χ3n) is 3.61. The Morgan fingerprint density at radius 3 is 2.74 bits per heavy atom. The quantitative estimate of drug-likeness (QED) is 0.834. The number of nitrogens with one attached hydrogen (secondary N) is 1. The van der Waals surface area contributed by atoms with Crippen LogP contribution in [0.2, 0.25) is 0 Å². The fraction of sp³-hybridized carbons (Fsp3) is 0.571. The van der Waals surface area contributed by atoms with Gasteiger partial charge in [0, 0.05) is 19.8 Å². The van der Waals surface area contributed by atoms with Gasteiger partial charge in [-0.2, -0.15) is 0 Å². The molecule has 1 aromatic heterocycles. The summed E-state index contributed by atoms with van der Waals surface area (Å²) in [7, 11) is 3.32. The average molecular weight is 263 g/mol. The minimum Gasteiger partial charge on any atom is -0.469 e. The van der Waals surface area contributed by atoms with Crippen LogP contribution in [0.5, 0.6) is 0 Å². The molecule has 0 spiro atoms. The maximum Gasteiger partial charge on any atom is 0.308 e. The lowest BCUT2D eigenvalue weighted by molar-refractivity contribution is -0.147. The molecule has 0 saturated carbocycles. The fourth-order valence-corrected chi connectivity index (χ4v) is 2.42. The molecule has 0 unspecified atom stereocenters.